The molecule has 2 nitrogen and oxygen atoms in total. The summed E-state index contributed by atoms with van der Waals surface area (Å²) in [6.45, 7) is 0. The summed E-state index contributed by atoms with van der Waals surface area (Å²) < 4.78 is 0. The number of carbonyl (C=O) groups excluding carboxylic acids is 1. The molecule has 1 heterocycles. The number of hydrogen-bond donors (Lipinski definition) is 1. The molecule has 88 valence electrons. The van der Waals surface area contributed by atoms with Crippen molar-refractivity contribution in [3.8, 4) is 0 Å². The minimum absolute atomic E-state index is 0.431. The molecule has 1 aliphatic rings. The molecule has 3 heteroatoms. The van der Waals surface area contributed by atoms with Crippen LogP contribution in [-0.4, -0.2) is 16.0 Å². The molecular weight excluding hydrogens is 230 g/mol. The zero-order valence-electron chi connectivity index (χ0n) is 9.61. The number of thioether (sulfide) groups is 1. The van der Waals surface area contributed by atoms with E-state index in [2.05, 4.69) is 29.4 Å². The molecule has 1 saturated carbocycles. The van der Waals surface area contributed by atoms with Crippen molar-refractivity contribution < 1.29 is 4.79 Å². The van der Waals surface area contributed by atoms with Gasteiger partial charge in [0.1, 0.15) is 5.78 Å². The van der Waals surface area contributed by atoms with Crippen LogP contribution in [0.4, 0.5) is 0 Å². The normalized spacial score (nSPS) is 17.8. The van der Waals surface area contributed by atoms with Crippen molar-refractivity contribution in [3.05, 3.63) is 30.5 Å². The van der Waals surface area contributed by atoms with Gasteiger partial charge in [0.15, 0.2) is 0 Å². The monoisotopic (exact) mass is 245 g/mol. The summed E-state index contributed by atoms with van der Waals surface area (Å²) in [5, 5.41) is 1.90. The quantitative estimate of drug-likeness (QED) is 0.873. The van der Waals surface area contributed by atoms with Crippen LogP contribution in [0.3, 0.4) is 0 Å². The number of rotatable bonds is 2. The van der Waals surface area contributed by atoms with Crippen LogP contribution in [-0.2, 0) is 4.79 Å². The highest BCUT2D eigenvalue weighted by molar-refractivity contribution is 8.00. The fourth-order valence-electron chi connectivity index (χ4n) is 2.35. The third-order valence-corrected chi connectivity index (χ3v) is 4.73. The molecule has 0 spiro atoms. The molecule has 3 rings (SSSR count). The molecule has 0 unspecified atom stereocenters. The Kier molecular flexibility index (Phi) is 2.93. The molecular formula is C14H15NOS. The number of aromatic amines is 1. The smallest absolute Gasteiger partial charge is 0.132 e. The van der Waals surface area contributed by atoms with Gasteiger partial charge in [-0.05, 0) is 18.9 Å². The van der Waals surface area contributed by atoms with Crippen molar-refractivity contribution in [2.75, 3.05) is 0 Å². The van der Waals surface area contributed by atoms with E-state index in [0.717, 1.165) is 25.7 Å². The number of aromatic nitrogens is 1. The first-order valence-corrected chi connectivity index (χ1v) is 6.95. The predicted octanol–water partition coefficient (Wildman–Crippen LogP) is 3.77. The number of ketones is 1. The number of hydrogen-bond acceptors (Lipinski definition) is 2. The second-order valence-electron chi connectivity index (χ2n) is 4.55. The van der Waals surface area contributed by atoms with E-state index in [1.165, 1.54) is 15.8 Å². The summed E-state index contributed by atoms with van der Waals surface area (Å²) >= 11 is 1.92. The largest absolute Gasteiger partial charge is 0.360 e. The molecule has 0 amide bonds. The Morgan fingerprint density at radius 3 is 2.76 bits per heavy atom. The Balaban J connectivity index is 1.78. The van der Waals surface area contributed by atoms with E-state index >= 15 is 0 Å². The lowest BCUT2D eigenvalue weighted by molar-refractivity contribution is -0.120. The van der Waals surface area contributed by atoms with E-state index < -0.39 is 0 Å². The fourth-order valence-corrected chi connectivity index (χ4v) is 3.62. The maximum absolute atomic E-state index is 11.2. The molecule has 0 aliphatic heterocycles. The molecule has 1 N–H and O–H groups in total. The fraction of sp³-hybridized carbons (Fsp3) is 0.357. The first-order valence-electron chi connectivity index (χ1n) is 6.07. The van der Waals surface area contributed by atoms with E-state index in [9.17, 15) is 4.79 Å². The molecule has 1 aromatic heterocycles. The van der Waals surface area contributed by atoms with Gasteiger partial charge in [-0.2, -0.15) is 0 Å². The number of Topliss-reactive ketones (excluding diaryl/α,β-unsaturated/α-hetero) is 1. The van der Waals surface area contributed by atoms with E-state index in [1.54, 1.807) is 0 Å². The summed E-state index contributed by atoms with van der Waals surface area (Å²) in [6, 6.07) is 8.38. The second kappa shape index (κ2) is 4.57. The van der Waals surface area contributed by atoms with Gasteiger partial charge in [-0.15, -0.1) is 11.8 Å². The summed E-state index contributed by atoms with van der Waals surface area (Å²) in [5.41, 5.74) is 1.20. The summed E-state index contributed by atoms with van der Waals surface area (Å²) in [6.07, 6.45) is 5.68. The maximum Gasteiger partial charge on any atom is 0.132 e. The number of nitrogens with one attached hydrogen (secondary N) is 1. The van der Waals surface area contributed by atoms with Crippen LogP contribution in [0.25, 0.3) is 10.9 Å². The van der Waals surface area contributed by atoms with E-state index in [-0.39, 0.29) is 0 Å². The number of para-hydroxylation sites is 1. The Morgan fingerprint density at radius 1 is 1.18 bits per heavy atom. The van der Waals surface area contributed by atoms with E-state index in [1.807, 2.05) is 17.8 Å². The SMILES string of the molecule is O=C1CCC(Sc2c[nH]c3ccccc23)CC1. The zero-order valence-corrected chi connectivity index (χ0v) is 10.4. The molecule has 1 aliphatic carbocycles. The highest BCUT2D eigenvalue weighted by Crippen LogP contribution is 2.36. The summed E-state index contributed by atoms with van der Waals surface area (Å²) in [4.78, 5) is 15.8. The maximum atomic E-state index is 11.2. The molecule has 2 aromatic rings. The Hall–Kier alpha value is -1.22. The van der Waals surface area contributed by atoms with Gasteiger partial charge in [0, 0.05) is 40.1 Å². The van der Waals surface area contributed by atoms with Crippen molar-refractivity contribution in [2.24, 2.45) is 0 Å². The molecule has 0 radical (unpaired) electrons. The van der Waals surface area contributed by atoms with Crippen LogP contribution in [0.1, 0.15) is 25.7 Å². The lowest BCUT2D eigenvalue weighted by Crippen LogP contribution is -2.15. The topological polar surface area (TPSA) is 32.9 Å². The van der Waals surface area contributed by atoms with Crippen LogP contribution >= 0.6 is 11.8 Å². The average Bonchev–Trinajstić information content (AvgIpc) is 2.76. The molecule has 17 heavy (non-hydrogen) atoms. The van der Waals surface area contributed by atoms with Crippen molar-refractivity contribution >= 4 is 28.4 Å². The summed E-state index contributed by atoms with van der Waals surface area (Å²) in [5.74, 6) is 0.431. The van der Waals surface area contributed by atoms with Gasteiger partial charge in [-0.1, -0.05) is 18.2 Å². The van der Waals surface area contributed by atoms with Crippen molar-refractivity contribution in [3.63, 3.8) is 0 Å². The number of benzene rings is 1. The number of H-pyrrole nitrogens is 1. The van der Waals surface area contributed by atoms with Gasteiger partial charge in [0.25, 0.3) is 0 Å². The number of fused-ring (bicyclic) bond motifs is 1. The minimum atomic E-state index is 0.431. The van der Waals surface area contributed by atoms with E-state index in [0.29, 0.717) is 11.0 Å². The standard InChI is InChI=1S/C14H15NOS/c16-10-5-7-11(8-6-10)17-14-9-15-13-4-2-1-3-12(13)14/h1-4,9,11,15H,5-8H2. The van der Waals surface area contributed by atoms with Crippen molar-refractivity contribution in [2.45, 2.75) is 35.8 Å². The minimum Gasteiger partial charge on any atom is -0.360 e. The van der Waals surface area contributed by atoms with Gasteiger partial charge in [-0.25, -0.2) is 0 Å². The van der Waals surface area contributed by atoms with Crippen LogP contribution in [0.15, 0.2) is 35.4 Å². The molecule has 1 fully saturated rings. The van der Waals surface area contributed by atoms with Gasteiger partial charge >= 0.3 is 0 Å². The molecule has 0 saturated heterocycles. The molecule has 0 bridgehead atoms. The van der Waals surface area contributed by atoms with Crippen LogP contribution in [0.5, 0.6) is 0 Å². The second-order valence-corrected chi connectivity index (χ2v) is 5.90. The van der Waals surface area contributed by atoms with Crippen LogP contribution in [0.2, 0.25) is 0 Å². The third kappa shape index (κ3) is 2.25. The zero-order chi connectivity index (χ0) is 11.7. The Morgan fingerprint density at radius 2 is 1.94 bits per heavy atom. The molecule has 1 aromatic carbocycles. The highest BCUT2D eigenvalue weighted by Gasteiger charge is 2.20. The Bertz CT molecular complexity index is 536. The lowest BCUT2D eigenvalue weighted by atomic mass is 9.99. The first-order chi connectivity index (χ1) is 8.33. The summed E-state index contributed by atoms with van der Waals surface area (Å²) in [7, 11) is 0. The first kappa shape index (κ1) is 10.9. The third-order valence-electron chi connectivity index (χ3n) is 3.34. The average molecular weight is 245 g/mol. The van der Waals surface area contributed by atoms with E-state index in [4.69, 9.17) is 0 Å². The van der Waals surface area contributed by atoms with Gasteiger partial charge in [0.05, 0.1) is 0 Å². The van der Waals surface area contributed by atoms with Crippen LogP contribution in [0, 0.1) is 0 Å². The lowest BCUT2D eigenvalue weighted by Gasteiger charge is -2.19. The van der Waals surface area contributed by atoms with Crippen LogP contribution < -0.4 is 0 Å². The number of carbonyl (C=O) groups is 1. The van der Waals surface area contributed by atoms with Crippen molar-refractivity contribution in [1.29, 1.82) is 0 Å². The Labute approximate surface area is 105 Å². The highest BCUT2D eigenvalue weighted by atomic mass is 32.2. The van der Waals surface area contributed by atoms with Gasteiger partial charge < -0.3 is 4.98 Å². The molecule has 0 atom stereocenters. The van der Waals surface area contributed by atoms with Crippen molar-refractivity contribution in [1.82, 2.24) is 4.98 Å². The van der Waals surface area contributed by atoms with Gasteiger partial charge in [-0.3, -0.25) is 4.79 Å². The predicted molar refractivity (Wildman–Crippen MR) is 71.4 cm³/mol. The van der Waals surface area contributed by atoms with Gasteiger partial charge in [0.2, 0.25) is 0 Å².